The Morgan fingerprint density at radius 2 is 1.76 bits per heavy atom. The molecular weight excluding hydrogens is 356 g/mol. The van der Waals surface area contributed by atoms with Gasteiger partial charge in [-0.05, 0) is 55.0 Å². The number of hydrogen-bond donors (Lipinski definition) is 1. The van der Waals surface area contributed by atoms with Crippen molar-refractivity contribution in [2.45, 2.75) is 24.2 Å². The summed E-state index contributed by atoms with van der Waals surface area (Å²) in [6, 6.07) is 17.1. The van der Waals surface area contributed by atoms with Gasteiger partial charge in [0.1, 0.15) is 0 Å². The van der Waals surface area contributed by atoms with Crippen molar-refractivity contribution in [2.75, 3.05) is 19.6 Å². The molecule has 0 radical (unpaired) electrons. The number of nitrogens with zero attached hydrogens (tertiary/aromatic N) is 1. The molecule has 0 saturated carbocycles. The lowest BCUT2D eigenvalue weighted by atomic mass is 9.96. The van der Waals surface area contributed by atoms with Crippen LogP contribution < -0.4 is 5.73 Å². The van der Waals surface area contributed by atoms with Gasteiger partial charge in [-0.1, -0.05) is 42.5 Å². The molecule has 25 heavy (non-hydrogen) atoms. The van der Waals surface area contributed by atoms with Gasteiger partial charge >= 0.3 is 0 Å². The smallest absolute Gasteiger partial charge is 0.243 e. The number of nitrogens with two attached hydrogens (primary N) is 1. The molecule has 0 amide bonds. The summed E-state index contributed by atoms with van der Waals surface area (Å²) in [5, 5.41) is 0. The lowest BCUT2D eigenvalue weighted by Gasteiger charge is -2.31. The highest BCUT2D eigenvalue weighted by atomic mass is 35.5. The summed E-state index contributed by atoms with van der Waals surface area (Å²) in [6.45, 7) is 1.79. The average molecular weight is 381 g/mol. The van der Waals surface area contributed by atoms with E-state index in [1.807, 2.05) is 42.5 Å². The molecule has 0 aliphatic carbocycles. The maximum Gasteiger partial charge on any atom is 0.243 e. The second-order valence-electron chi connectivity index (χ2n) is 6.34. The van der Waals surface area contributed by atoms with Crippen molar-refractivity contribution in [1.29, 1.82) is 0 Å². The molecule has 2 aromatic carbocycles. The van der Waals surface area contributed by atoms with Crippen LogP contribution in [0.4, 0.5) is 0 Å². The van der Waals surface area contributed by atoms with E-state index in [9.17, 15) is 8.42 Å². The molecule has 4 nitrogen and oxygen atoms in total. The van der Waals surface area contributed by atoms with Gasteiger partial charge in [0.25, 0.3) is 0 Å². The van der Waals surface area contributed by atoms with Crippen molar-refractivity contribution in [2.24, 2.45) is 11.7 Å². The first-order valence-electron chi connectivity index (χ1n) is 8.47. The molecule has 1 unspecified atom stereocenters. The van der Waals surface area contributed by atoms with Gasteiger partial charge in [-0.25, -0.2) is 8.42 Å². The van der Waals surface area contributed by atoms with Crippen LogP contribution in [0.25, 0.3) is 11.1 Å². The van der Waals surface area contributed by atoms with Crippen LogP contribution in [-0.2, 0) is 10.0 Å². The molecule has 1 fully saturated rings. The van der Waals surface area contributed by atoms with Crippen molar-refractivity contribution in [3.05, 3.63) is 54.6 Å². The second-order valence-corrected chi connectivity index (χ2v) is 8.28. The first kappa shape index (κ1) is 19.9. The third kappa shape index (κ3) is 4.61. The predicted molar refractivity (Wildman–Crippen MR) is 104 cm³/mol. The zero-order valence-electron chi connectivity index (χ0n) is 14.2. The molecule has 1 aliphatic rings. The Morgan fingerprint density at radius 1 is 1.04 bits per heavy atom. The molecule has 1 saturated heterocycles. The quantitative estimate of drug-likeness (QED) is 0.863. The maximum absolute atomic E-state index is 13.0. The van der Waals surface area contributed by atoms with E-state index in [0.717, 1.165) is 30.4 Å². The van der Waals surface area contributed by atoms with Crippen LogP contribution in [0.5, 0.6) is 0 Å². The standard InChI is InChI=1S/C19H24N2O2S.ClH/c20-12-11-16-6-5-13-21(15-16)24(22,23)19-10-4-9-18(14-19)17-7-2-1-3-8-17;/h1-4,7-10,14,16H,5-6,11-13,15,20H2;1H. The van der Waals surface area contributed by atoms with Gasteiger partial charge in [0, 0.05) is 13.1 Å². The fourth-order valence-corrected chi connectivity index (χ4v) is 4.93. The minimum Gasteiger partial charge on any atom is -0.330 e. The second kappa shape index (κ2) is 8.81. The monoisotopic (exact) mass is 380 g/mol. The fraction of sp³-hybridized carbons (Fsp3) is 0.368. The van der Waals surface area contributed by atoms with E-state index in [-0.39, 0.29) is 12.4 Å². The summed E-state index contributed by atoms with van der Waals surface area (Å²) in [4.78, 5) is 0.372. The molecule has 1 aliphatic heterocycles. The van der Waals surface area contributed by atoms with E-state index >= 15 is 0 Å². The predicted octanol–water partition coefficient (Wildman–Crippen LogP) is 3.52. The summed E-state index contributed by atoms with van der Waals surface area (Å²) >= 11 is 0. The number of piperidine rings is 1. The minimum absolute atomic E-state index is 0. The van der Waals surface area contributed by atoms with Gasteiger partial charge in [-0.3, -0.25) is 0 Å². The largest absolute Gasteiger partial charge is 0.330 e. The molecule has 1 heterocycles. The first-order chi connectivity index (χ1) is 11.6. The molecule has 0 bridgehead atoms. The van der Waals surface area contributed by atoms with Crippen LogP contribution in [0, 0.1) is 5.92 Å². The van der Waals surface area contributed by atoms with Gasteiger partial charge in [-0.2, -0.15) is 4.31 Å². The molecule has 3 rings (SSSR count). The van der Waals surface area contributed by atoms with E-state index in [4.69, 9.17) is 5.73 Å². The zero-order valence-corrected chi connectivity index (χ0v) is 15.8. The number of sulfonamides is 1. The summed E-state index contributed by atoms with van der Waals surface area (Å²) < 4.78 is 27.7. The highest BCUT2D eigenvalue weighted by Gasteiger charge is 2.30. The van der Waals surface area contributed by atoms with Crippen LogP contribution in [0.1, 0.15) is 19.3 Å². The summed E-state index contributed by atoms with van der Waals surface area (Å²) in [5.41, 5.74) is 7.59. The van der Waals surface area contributed by atoms with E-state index in [2.05, 4.69) is 0 Å². The van der Waals surface area contributed by atoms with Crippen molar-refractivity contribution in [1.82, 2.24) is 4.31 Å². The normalized spacial score (nSPS) is 18.5. The molecule has 0 spiro atoms. The summed E-state index contributed by atoms with van der Waals surface area (Å²) in [5.74, 6) is 0.371. The zero-order chi connectivity index (χ0) is 17.0. The highest BCUT2D eigenvalue weighted by molar-refractivity contribution is 7.89. The van der Waals surface area contributed by atoms with E-state index in [0.29, 0.717) is 30.4 Å². The van der Waals surface area contributed by atoms with Crippen molar-refractivity contribution < 1.29 is 8.42 Å². The number of rotatable bonds is 5. The van der Waals surface area contributed by atoms with Gasteiger partial charge in [0.2, 0.25) is 10.0 Å². The van der Waals surface area contributed by atoms with E-state index in [1.165, 1.54) is 0 Å². The lowest BCUT2D eigenvalue weighted by molar-refractivity contribution is 0.258. The van der Waals surface area contributed by atoms with Crippen molar-refractivity contribution in [3.63, 3.8) is 0 Å². The highest BCUT2D eigenvalue weighted by Crippen LogP contribution is 2.28. The third-order valence-electron chi connectivity index (χ3n) is 4.64. The minimum atomic E-state index is -3.45. The number of hydrogen-bond acceptors (Lipinski definition) is 3. The van der Waals surface area contributed by atoms with Crippen LogP contribution in [0.2, 0.25) is 0 Å². The number of benzene rings is 2. The topological polar surface area (TPSA) is 63.4 Å². The summed E-state index contributed by atoms with van der Waals surface area (Å²) in [7, 11) is -3.45. The lowest BCUT2D eigenvalue weighted by Crippen LogP contribution is -2.40. The Hall–Kier alpha value is -1.40. The Bertz CT molecular complexity index is 779. The molecule has 136 valence electrons. The first-order valence-corrected chi connectivity index (χ1v) is 9.91. The van der Waals surface area contributed by atoms with Gasteiger partial charge < -0.3 is 5.73 Å². The molecule has 6 heteroatoms. The third-order valence-corrected chi connectivity index (χ3v) is 6.50. The van der Waals surface area contributed by atoms with E-state index < -0.39 is 10.0 Å². The van der Waals surface area contributed by atoms with Gasteiger partial charge in [0.15, 0.2) is 0 Å². The van der Waals surface area contributed by atoms with Gasteiger partial charge in [0.05, 0.1) is 4.90 Å². The Labute approximate surface area is 156 Å². The van der Waals surface area contributed by atoms with Crippen molar-refractivity contribution >= 4 is 22.4 Å². The Kier molecular flexibility index (Phi) is 7.02. The van der Waals surface area contributed by atoms with Gasteiger partial charge in [-0.15, -0.1) is 12.4 Å². The SMILES string of the molecule is Cl.NCCC1CCCN(S(=O)(=O)c2cccc(-c3ccccc3)c2)C1. The van der Waals surface area contributed by atoms with E-state index in [1.54, 1.807) is 16.4 Å². The maximum atomic E-state index is 13.0. The molecule has 1 atom stereocenters. The van der Waals surface area contributed by atoms with Crippen LogP contribution >= 0.6 is 12.4 Å². The van der Waals surface area contributed by atoms with Crippen molar-refractivity contribution in [3.8, 4) is 11.1 Å². The summed E-state index contributed by atoms with van der Waals surface area (Å²) in [6.07, 6.45) is 2.85. The average Bonchev–Trinajstić information content (AvgIpc) is 2.63. The molecular formula is C19H25ClN2O2S. The van der Waals surface area contributed by atoms with Crippen LogP contribution in [-0.4, -0.2) is 32.4 Å². The fourth-order valence-electron chi connectivity index (χ4n) is 3.33. The van der Waals surface area contributed by atoms with Crippen LogP contribution in [0.3, 0.4) is 0 Å². The Balaban J connectivity index is 0.00000225. The molecule has 2 aromatic rings. The molecule has 0 aromatic heterocycles. The number of halogens is 1. The Morgan fingerprint density at radius 3 is 2.48 bits per heavy atom. The van der Waals surface area contributed by atoms with Crippen LogP contribution in [0.15, 0.2) is 59.5 Å². The molecule has 2 N–H and O–H groups in total.